The van der Waals surface area contributed by atoms with Crippen LogP contribution < -0.4 is 4.72 Å². The Morgan fingerprint density at radius 3 is 2.10 bits per heavy atom. The number of rotatable bonds is 6. The van der Waals surface area contributed by atoms with Crippen LogP contribution in [0.2, 0.25) is 0 Å². The van der Waals surface area contributed by atoms with Gasteiger partial charge in [-0.05, 0) is 12.3 Å². The summed E-state index contributed by atoms with van der Waals surface area (Å²) in [6.45, 7) is 3.78. The summed E-state index contributed by atoms with van der Waals surface area (Å²) >= 11 is 3.14. The van der Waals surface area contributed by atoms with Crippen LogP contribution >= 0.6 is 15.9 Å². The summed E-state index contributed by atoms with van der Waals surface area (Å²) in [6, 6.07) is 0.163. The first kappa shape index (κ1) is 17.5. The number of hydrogen-bond donors (Lipinski definition) is 1. The van der Waals surface area contributed by atoms with Crippen molar-refractivity contribution in [1.29, 1.82) is 0 Å². The molecule has 0 aliphatic rings. The third-order valence-corrected chi connectivity index (χ3v) is 4.85. The summed E-state index contributed by atoms with van der Waals surface area (Å²) in [5, 5.41) is 0.300. The number of nitrogens with one attached hydrogen (secondary N) is 1. The first-order chi connectivity index (χ1) is 9.17. The smallest absolute Gasteiger partial charge is 0.207 e. The zero-order valence-electron chi connectivity index (χ0n) is 11.0. The van der Waals surface area contributed by atoms with Gasteiger partial charge in [0, 0.05) is 23.5 Å². The van der Waals surface area contributed by atoms with E-state index in [0.717, 1.165) is 0 Å². The van der Waals surface area contributed by atoms with Gasteiger partial charge in [0.05, 0.1) is 0 Å². The van der Waals surface area contributed by atoms with Crippen molar-refractivity contribution in [3.05, 3.63) is 29.6 Å². The molecule has 0 amide bonds. The van der Waals surface area contributed by atoms with Crippen molar-refractivity contribution < 1.29 is 21.6 Å². The molecule has 0 spiro atoms. The van der Waals surface area contributed by atoms with E-state index < -0.39 is 38.4 Å². The Morgan fingerprint density at radius 2 is 1.70 bits per heavy atom. The Kier molecular flexibility index (Phi) is 6.03. The SMILES string of the molecule is CC(C)CC(CBr)NS(=O)(=O)c1c(F)cc(F)cc1F. The molecule has 0 aliphatic carbocycles. The van der Waals surface area contributed by atoms with Crippen LogP contribution in [0.3, 0.4) is 0 Å². The van der Waals surface area contributed by atoms with Crippen LogP contribution in [-0.4, -0.2) is 19.8 Å². The maximum atomic E-state index is 13.5. The summed E-state index contributed by atoms with van der Waals surface area (Å²) in [4.78, 5) is -1.16. The van der Waals surface area contributed by atoms with Gasteiger partial charge < -0.3 is 0 Å². The molecular weight excluding hydrogens is 359 g/mol. The molecule has 0 saturated carbocycles. The van der Waals surface area contributed by atoms with Crippen molar-refractivity contribution in [2.75, 3.05) is 5.33 Å². The Bertz CT molecular complexity index is 555. The zero-order valence-corrected chi connectivity index (χ0v) is 13.4. The fraction of sp³-hybridized carbons (Fsp3) is 0.500. The highest BCUT2D eigenvalue weighted by Gasteiger charge is 2.27. The quantitative estimate of drug-likeness (QED) is 0.778. The molecule has 1 N–H and O–H groups in total. The standard InChI is InChI=1S/C12H15BrF3NO2S/c1-7(2)3-9(6-13)17-20(18,19)12-10(15)4-8(14)5-11(12)16/h4-5,7,9,17H,3,6H2,1-2H3. The second-order valence-electron chi connectivity index (χ2n) is 4.80. The number of sulfonamides is 1. The lowest BCUT2D eigenvalue weighted by atomic mass is 10.1. The van der Waals surface area contributed by atoms with E-state index in [9.17, 15) is 21.6 Å². The Hall–Kier alpha value is -0.600. The van der Waals surface area contributed by atoms with Gasteiger partial charge in [0.2, 0.25) is 10.0 Å². The van der Waals surface area contributed by atoms with Gasteiger partial charge in [-0.3, -0.25) is 0 Å². The average Bonchev–Trinajstić information content (AvgIpc) is 2.24. The second-order valence-corrected chi connectivity index (χ2v) is 7.10. The average molecular weight is 374 g/mol. The molecule has 3 nitrogen and oxygen atoms in total. The van der Waals surface area contributed by atoms with Crippen LogP contribution in [-0.2, 0) is 10.0 Å². The molecule has 20 heavy (non-hydrogen) atoms. The van der Waals surface area contributed by atoms with Crippen molar-refractivity contribution >= 4 is 26.0 Å². The van der Waals surface area contributed by atoms with Crippen molar-refractivity contribution in [2.24, 2.45) is 5.92 Å². The van der Waals surface area contributed by atoms with Gasteiger partial charge in [-0.1, -0.05) is 29.8 Å². The number of hydrogen-bond acceptors (Lipinski definition) is 2. The summed E-state index contributed by atoms with van der Waals surface area (Å²) in [5.41, 5.74) is 0. The minimum absolute atomic E-state index is 0.197. The van der Waals surface area contributed by atoms with Crippen molar-refractivity contribution in [1.82, 2.24) is 4.72 Å². The van der Waals surface area contributed by atoms with Gasteiger partial charge >= 0.3 is 0 Å². The number of benzene rings is 1. The molecule has 1 aromatic carbocycles. The maximum absolute atomic E-state index is 13.5. The van der Waals surface area contributed by atoms with Crippen molar-refractivity contribution in [2.45, 2.75) is 31.2 Å². The van der Waals surface area contributed by atoms with Crippen molar-refractivity contribution in [3.8, 4) is 0 Å². The number of alkyl halides is 1. The molecule has 1 unspecified atom stereocenters. The van der Waals surface area contributed by atoms with E-state index in [4.69, 9.17) is 0 Å². The fourth-order valence-corrected chi connectivity index (χ4v) is 3.78. The summed E-state index contributed by atoms with van der Waals surface area (Å²) < 4.78 is 66.0. The van der Waals surface area contributed by atoms with Crippen LogP contribution in [0.4, 0.5) is 13.2 Å². The zero-order chi connectivity index (χ0) is 15.5. The fourth-order valence-electron chi connectivity index (χ4n) is 1.78. The molecule has 114 valence electrons. The molecule has 0 radical (unpaired) electrons. The van der Waals surface area contributed by atoms with E-state index in [0.29, 0.717) is 23.9 Å². The van der Waals surface area contributed by atoms with E-state index in [1.54, 1.807) is 0 Å². The van der Waals surface area contributed by atoms with Gasteiger partial charge in [0.1, 0.15) is 17.5 Å². The summed E-state index contributed by atoms with van der Waals surface area (Å²) in [6.07, 6.45) is 0.495. The van der Waals surface area contributed by atoms with E-state index >= 15 is 0 Å². The van der Waals surface area contributed by atoms with Gasteiger partial charge in [0.25, 0.3) is 0 Å². The molecule has 0 aliphatic heterocycles. The van der Waals surface area contributed by atoms with Crippen LogP contribution in [0, 0.1) is 23.4 Å². The Morgan fingerprint density at radius 1 is 1.20 bits per heavy atom. The summed E-state index contributed by atoms with van der Waals surface area (Å²) in [7, 11) is -4.39. The minimum atomic E-state index is -4.39. The lowest BCUT2D eigenvalue weighted by Crippen LogP contribution is -2.37. The van der Waals surface area contributed by atoms with E-state index in [2.05, 4.69) is 20.7 Å². The van der Waals surface area contributed by atoms with Gasteiger partial charge in [-0.15, -0.1) is 0 Å². The molecule has 8 heteroatoms. The molecule has 1 aromatic rings. The normalized spacial score (nSPS) is 13.8. The predicted molar refractivity (Wildman–Crippen MR) is 73.7 cm³/mol. The highest BCUT2D eigenvalue weighted by molar-refractivity contribution is 9.09. The molecule has 0 fully saturated rings. The monoisotopic (exact) mass is 373 g/mol. The second kappa shape index (κ2) is 6.91. The number of halogens is 4. The van der Waals surface area contributed by atoms with Gasteiger partial charge in [0.15, 0.2) is 4.90 Å². The largest absolute Gasteiger partial charge is 0.246 e. The molecule has 1 atom stereocenters. The van der Waals surface area contributed by atoms with E-state index in [-0.39, 0.29) is 5.92 Å². The first-order valence-electron chi connectivity index (χ1n) is 5.90. The molecule has 0 bridgehead atoms. The van der Waals surface area contributed by atoms with Crippen LogP contribution in [0.5, 0.6) is 0 Å². The van der Waals surface area contributed by atoms with Gasteiger partial charge in [-0.2, -0.15) is 0 Å². The third-order valence-electron chi connectivity index (χ3n) is 2.50. The minimum Gasteiger partial charge on any atom is -0.207 e. The van der Waals surface area contributed by atoms with Crippen LogP contribution in [0.25, 0.3) is 0 Å². The topological polar surface area (TPSA) is 46.2 Å². The molecule has 0 saturated heterocycles. The third kappa shape index (κ3) is 4.46. The Labute approximate surface area is 124 Å². The highest BCUT2D eigenvalue weighted by Crippen LogP contribution is 2.21. The molecular formula is C12H15BrF3NO2S. The summed E-state index contributed by atoms with van der Waals surface area (Å²) in [5.74, 6) is -3.87. The highest BCUT2D eigenvalue weighted by atomic mass is 79.9. The molecule has 0 aromatic heterocycles. The maximum Gasteiger partial charge on any atom is 0.246 e. The van der Waals surface area contributed by atoms with Crippen LogP contribution in [0.15, 0.2) is 17.0 Å². The molecule has 0 heterocycles. The van der Waals surface area contributed by atoms with Crippen molar-refractivity contribution in [3.63, 3.8) is 0 Å². The predicted octanol–water partition coefficient (Wildman–Crippen LogP) is 3.19. The Balaban J connectivity index is 3.11. The van der Waals surface area contributed by atoms with Crippen LogP contribution in [0.1, 0.15) is 20.3 Å². The van der Waals surface area contributed by atoms with E-state index in [1.165, 1.54) is 0 Å². The molecule has 1 rings (SSSR count). The van der Waals surface area contributed by atoms with E-state index in [1.807, 2.05) is 13.8 Å². The first-order valence-corrected chi connectivity index (χ1v) is 8.50. The van der Waals surface area contributed by atoms with Gasteiger partial charge in [-0.25, -0.2) is 26.3 Å². The lowest BCUT2D eigenvalue weighted by Gasteiger charge is -2.18. The lowest BCUT2D eigenvalue weighted by molar-refractivity contribution is 0.472.